The number of rotatable bonds is 5. The van der Waals surface area contributed by atoms with E-state index in [-0.39, 0.29) is 17.3 Å². The zero-order chi connectivity index (χ0) is 13.1. The van der Waals surface area contributed by atoms with E-state index in [2.05, 4.69) is 0 Å². The fourth-order valence-electron chi connectivity index (χ4n) is 1.40. The van der Waals surface area contributed by atoms with Crippen LogP contribution in [0.25, 0.3) is 0 Å². The van der Waals surface area contributed by atoms with Gasteiger partial charge in [-0.25, -0.2) is 12.8 Å². The minimum Gasteiger partial charge on any atom is -0.494 e. The third-order valence-electron chi connectivity index (χ3n) is 2.48. The molecule has 0 aromatic heterocycles. The van der Waals surface area contributed by atoms with Crippen LogP contribution in [0.1, 0.15) is 18.5 Å². The lowest BCUT2D eigenvalue weighted by atomic mass is 10.1. The van der Waals surface area contributed by atoms with Gasteiger partial charge in [0.2, 0.25) is 0 Å². The molecule has 2 N–H and O–H groups in total. The second kappa shape index (κ2) is 5.46. The molecule has 0 saturated heterocycles. The SMILES string of the molecule is CCS(=O)(=O)CC(N)c1ccc(OC)c(F)c1. The van der Waals surface area contributed by atoms with Crippen LogP contribution in [0.3, 0.4) is 0 Å². The number of nitrogens with two attached hydrogens (primary N) is 1. The molecule has 0 amide bonds. The highest BCUT2D eigenvalue weighted by Crippen LogP contribution is 2.21. The molecule has 0 saturated carbocycles. The molecule has 0 aliphatic carbocycles. The number of hydrogen-bond acceptors (Lipinski definition) is 4. The maximum absolute atomic E-state index is 13.4. The van der Waals surface area contributed by atoms with Gasteiger partial charge in [0.15, 0.2) is 21.4 Å². The van der Waals surface area contributed by atoms with Crippen LogP contribution in [0.4, 0.5) is 4.39 Å². The van der Waals surface area contributed by atoms with Crippen molar-refractivity contribution < 1.29 is 17.5 Å². The molecule has 1 atom stereocenters. The summed E-state index contributed by atoms with van der Waals surface area (Å²) in [6, 6.07) is 3.48. The standard InChI is InChI=1S/C11H16FNO3S/c1-3-17(14,15)7-10(13)8-4-5-11(16-2)9(12)6-8/h4-6,10H,3,7,13H2,1-2H3. The molecule has 1 rings (SSSR count). The Balaban J connectivity index is 2.90. The molecule has 0 heterocycles. The number of ether oxygens (including phenoxy) is 1. The highest BCUT2D eigenvalue weighted by atomic mass is 32.2. The Labute approximate surface area is 101 Å². The van der Waals surface area contributed by atoms with Gasteiger partial charge in [-0.1, -0.05) is 13.0 Å². The minimum absolute atomic E-state index is 0.0271. The van der Waals surface area contributed by atoms with Crippen LogP contribution in [-0.4, -0.2) is 27.0 Å². The van der Waals surface area contributed by atoms with Crippen LogP contribution >= 0.6 is 0 Å². The average Bonchev–Trinajstić information content (AvgIpc) is 2.28. The van der Waals surface area contributed by atoms with Crippen LogP contribution in [0.2, 0.25) is 0 Å². The number of halogens is 1. The Morgan fingerprint density at radius 2 is 2.12 bits per heavy atom. The molecular weight excluding hydrogens is 245 g/mol. The van der Waals surface area contributed by atoms with Gasteiger partial charge in [-0.15, -0.1) is 0 Å². The zero-order valence-corrected chi connectivity index (χ0v) is 10.6. The lowest BCUT2D eigenvalue weighted by Gasteiger charge is -2.12. The molecule has 1 aromatic rings. The van der Waals surface area contributed by atoms with Crippen molar-refractivity contribution in [3.63, 3.8) is 0 Å². The van der Waals surface area contributed by atoms with Crippen LogP contribution in [0.15, 0.2) is 18.2 Å². The average molecular weight is 261 g/mol. The second-order valence-electron chi connectivity index (χ2n) is 3.70. The van der Waals surface area contributed by atoms with Crippen molar-refractivity contribution in [2.45, 2.75) is 13.0 Å². The first-order valence-electron chi connectivity index (χ1n) is 5.19. The molecule has 0 bridgehead atoms. The molecule has 0 aliphatic heterocycles. The van der Waals surface area contributed by atoms with Gasteiger partial charge in [-0.3, -0.25) is 0 Å². The van der Waals surface area contributed by atoms with Gasteiger partial charge in [0, 0.05) is 11.8 Å². The third kappa shape index (κ3) is 3.67. The summed E-state index contributed by atoms with van der Waals surface area (Å²) in [7, 11) is -1.81. The van der Waals surface area contributed by atoms with Gasteiger partial charge >= 0.3 is 0 Å². The molecule has 0 aliphatic rings. The fourth-order valence-corrected chi connectivity index (χ4v) is 2.38. The monoisotopic (exact) mass is 261 g/mol. The van der Waals surface area contributed by atoms with E-state index in [1.165, 1.54) is 19.2 Å². The third-order valence-corrected chi connectivity index (χ3v) is 4.22. The minimum atomic E-state index is -3.17. The lowest BCUT2D eigenvalue weighted by Crippen LogP contribution is -2.23. The van der Waals surface area contributed by atoms with Gasteiger partial charge in [-0.2, -0.15) is 0 Å². The van der Waals surface area contributed by atoms with E-state index in [0.717, 1.165) is 0 Å². The van der Waals surface area contributed by atoms with E-state index in [1.54, 1.807) is 13.0 Å². The Morgan fingerprint density at radius 3 is 2.59 bits per heavy atom. The van der Waals surface area contributed by atoms with Gasteiger partial charge in [0.25, 0.3) is 0 Å². The summed E-state index contributed by atoms with van der Waals surface area (Å²) >= 11 is 0. The summed E-state index contributed by atoms with van der Waals surface area (Å²) in [4.78, 5) is 0. The predicted octanol–water partition coefficient (Wildman–Crippen LogP) is 1.27. The van der Waals surface area contributed by atoms with Crippen molar-refractivity contribution in [3.05, 3.63) is 29.6 Å². The normalized spacial score (nSPS) is 13.4. The van der Waals surface area contributed by atoms with Crippen molar-refractivity contribution in [3.8, 4) is 5.75 Å². The first-order valence-corrected chi connectivity index (χ1v) is 7.01. The van der Waals surface area contributed by atoms with E-state index in [4.69, 9.17) is 10.5 Å². The van der Waals surface area contributed by atoms with E-state index in [9.17, 15) is 12.8 Å². The van der Waals surface area contributed by atoms with Crippen LogP contribution in [-0.2, 0) is 9.84 Å². The Bertz CT molecular complexity index is 487. The molecular formula is C11H16FNO3S. The van der Waals surface area contributed by atoms with Crippen molar-refractivity contribution >= 4 is 9.84 Å². The van der Waals surface area contributed by atoms with Gasteiger partial charge in [-0.05, 0) is 17.7 Å². The topological polar surface area (TPSA) is 69.4 Å². The second-order valence-corrected chi connectivity index (χ2v) is 6.10. The molecule has 1 aromatic carbocycles. The smallest absolute Gasteiger partial charge is 0.165 e. The highest BCUT2D eigenvalue weighted by Gasteiger charge is 2.17. The zero-order valence-electron chi connectivity index (χ0n) is 9.81. The van der Waals surface area contributed by atoms with Crippen molar-refractivity contribution in [2.75, 3.05) is 18.6 Å². The summed E-state index contributed by atoms with van der Waals surface area (Å²) in [5, 5.41) is 0. The molecule has 17 heavy (non-hydrogen) atoms. The van der Waals surface area contributed by atoms with Crippen LogP contribution < -0.4 is 10.5 Å². The van der Waals surface area contributed by atoms with Crippen molar-refractivity contribution in [2.24, 2.45) is 5.73 Å². The fraction of sp³-hybridized carbons (Fsp3) is 0.455. The number of methoxy groups -OCH3 is 1. The van der Waals surface area contributed by atoms with Gasteiger partial charge < -0.3 is 10.5 Å². The number of sulfone groups is 1. The molecule has 0 spiro atoms. The van der Waals surface area contributed by atoms with E-state index < -0.39 is 21.7 Å². The quantitative estimate of drug-likeness (QED) is 0.866. The van der Waals surface area contributed by atoms with E-state index >= 15 is 0 Å². The van der Waals surface area contributed by atoms with Crippen molar-refractivity contribution in [1.29, 1.82) is 0 Å². The molecule has 96 valence electrons. The first-order chi connectivity index (χ1) is 7.89. The largest absolute Gasteiger partial charge is 0.494 e. The predicted molar refractivity (Wildman–Crippen MR) is 64.2 cm³/mol. The lowest BCUT2D eigenvalue weighted by molar-refractivity contribution is 0.386. The molecule has 0 fully saturated rings. The summed E-state index contributed by atoms with van der Waals surface area (Å²) in [5.41, 5.74) is 6.18. The maximum Gasteiger partial charge on any atom is 0.165 e. The van der Waals surface area contributed by atoms with Crippen molar-refractivity contribution in [1.82, 2.24) is 0 Å². The maximum atomic E-state index is 13.4. The summed E-state index contributed by atoms with van der Waals surface area (Å²) in [6.07, 6.45) is 0. The number of benzene rings is 1. The Kier molecular flexibility index (Phi) is 4.47. The molecule has 0 radical (unpaired) electrons. The Morgan fingerprint density at radius 1 is 1.47 bits per heavy atom. The first kappa shape index (κ1) is 13.9. The van der Waals surface area contributed by atoms with Gasteiger partial charge in [0.1, 0.15) is 0 Å². The molecule has 6 heteroatoms. The Hall–Kier alpha value is -1.14. The van der Waals surface area contributed by atoms with Crippen LogP contribution in [0.5, 0.6) is 5.75 Å². The van der Waals surface area contributed by atoms with E-state index in [0.29, 0.717) is 5.56 Å². The van der Waals surface area contributed by atoms with Gasteiger partial charge in [0.05, 0.1) is 12.9 Å². The molecule has 4 nitrogen and oxygen atoms in total. The highest BCUT2D eigenvalue weighted by molar-refractivity contribution is 7.91. The molecule has 1 unspecified atom stereocenters. The number of hydrogen-bond donors (Lipinski definition) is 1. The summed E-state index contributed by atoms with van der Waals surface area (Å²) < 4.78 is 40.9. The van der Waals surface area contributed by atoms with Crippen LogP contribution in [0, 0.1) is 5.82 Å². The summed E-state index contributed by atoms with van der Waals surface area (Å²) in [5.74, 6) is -0.595. The summed E-state index contributed by atoms with van der Waals surface area (Å²) in [6.45, 7) is 1.55. The van der Waals surface area contributed by atoms with E-state index in [1.807, 2.05) is 0 Å².